The summed E-state index contributed by atoms with van der Waals surface area (Å²) in [6.45, 7) is 0.530. The van der Waals surface area contributed by atoms with Crippen LogP contribution in [-0.2, 0) is 16.4 Å². The van der Waals surface area contributed by atoms with Crippen LogP contribution in [0.4, 0.5) is 5.69 Å². The molecule has 28 heavy (non-hydrogen) atoms. The molecule has 0 aliphatic heterocycles. The van der Waals surface area contributed by atoms with Crippen LogP contribution in [0, 0.1) is 0 Å². The molecular formula is C22H22N2O3S. The van der Waals surface area contributed by atoms with Gasteiger partial charge in [-0.3, -0.25) is 9.52 Å². The highest BCUT2D eigenvalue weighted by atomic mass is 32.2. The molecule has 144 valence electrons. The summed E-state index contributed by atoms with van der Waals surface area (Å²) in [5, 5.41) is 0. The minimum absolute atomic E-state index is 0.148. The molecule has 0 aliphatic rings. The van der Waals surface area contributed by atoms with Crippen molar-refractivity contribution in [3.63, 3.8) is 0 Å². The lowest BCUT2D eigenvalue weighted by atomic mass is 10.1. The van der Waals surface area contributed by atoms with E-state index in [2.05, 4.69) is 4.72 Å². The molecule has 3 rings (SSSR count). The summed E-state index contributed by atoms with van der Waals surface area (Å²) in [7, 11) is -2.06. The van der Waals surface area contributed by atoms with Gasteiger partial charge in [-0.05, 0) is 36.2 Å². The number of para-hydroxylation sites is 1. The Bertz CT molecular complexity index is 1040. The Balaban J connectivity index is 1.76. The molecule has 6 heteroatoms. The van der Waals surface area contributed by atoms with E-state index in [0.29, 0.717) is 12.1 Å². The maximum absolute atomic E-state index is 12.9. The van der Waals surface area contributed by atoms with Crippen molar-refractivity contribution in [1.82, 2.24) is 4.90 Å². The van der Waals surface area contributed by atoms with E-state index in [1.165, 1.54) is 12.1 Å². The maximum Gasteiger partial charge on any atom is 0.261 e. The number of rotatable bonds is 7. The number of nitrogens with one attached hydrogen (secondary N) is 1. The first-order valence-corrected chi connectivity index (χ1v) is 10.4. The average Bonchev–Trinajstić information content (AvgIpc) is 2.73. The Labute approximate surface area is 165 Å². The molecule has 0 radical (unpaired) electrons. The van der Waals surface area contributed by atoms with Crippen LogP contribution in [0.1, 0.15) is 15.9 Å². The molecule has 3 aromatic carbocycles. The summed E-state index contributed by atoms with van der Waals surface area (Å²) < 4.78 is 27.8. The second-order valence-electron chi connectivity index (χ2n) is 6.43. The molecule has 0 saturated heterocycles. The minimum Gasteiger partial charge on any atom is -0.341 e. The molecule has 1 N–H and O–H groups in total. The van der Waals surface area contributed by atoms with Gasteiger partial charge in [0.1, 0.15) is 0 Å². The standard InChI is InChI=1S/C22H22N2O3S/c1-24(17-16-18-10-4-2-5-11-18)22(25)20-14-8-9-15-21(20)23-28(26,27)19-12-6-3-7-13-19/h2-15,23H,16-17H2,1H3. The third-order valence-corrected chi connectivity index (χ3v) is 5.76. The van der Waals surface area contributed by atoms with E-state index in [9.17, 15) is 13.2 Å². The lowest BCUT2D eigenvalue weighted by molar-refractivity contribution is 0.0797. The molecule has 5 nitrogen and oxygen atoms in total. The van der Waals surface area contributed by atoms with Crippen molar-refractivity contribution in [3.8, 4) is 0 Å². The number of carbonyl (C=O) groups excluding carboxylic acids is 1. The third kappa shape index (κ3) is 4.78. The van der Waals surface area contributed by atoms with Gasteiger partial charge in [-0.1, -0.05) is 60.7 Å². The summed E-state index contributed by atoms with van der Waals surface area (Å²) in [4.78, 5) is 14.6. The van der Waals surface area contributed by atoms with Crippen molar-refractivity contribution >= 4 is 21.6 Å². The predicted octanol–water partition coefficient (Wildman–Crippen LogP) is 3.80. The number of sulfonamides is 1. The zero-order chi connectivity index (χ0) is 20.0. The molecule has 1 amide bonds. The van der Waals surface area contributed by atoms with Crippen molar-refractivity contribution in [1.29, 1.82) is 0 Å². The van der Waals surface area contributed by atoms with E-state index in [1.807, 2.05) is 30.3 Å². The van der Waals surface area contributed by atoms with E-state index in [1.54, 1.807) is 54.4 Å². The molecule has 0 saturated carbocycles. The normalized spacial score (nSPS) is 11.0. The molecule has 0 bridgehead atoms. The van der Waals surface area contributed by atoms with Gasteiger partial charge >= 0.3 is 0 Å². The lowest BCUT2D eigenvalue weighted by Crippen LogP contribution is -2.30. The van der Waals surface area contributed by atoms with E-state index in [0.717, 1.165) is 12.0 Å². The molecule has 0 fully saturated rings. The van der Waals surface area contributed by atoms with Gasteiger partial charge in [0.15, 0.2) is 0 Å². The Morgan fingerprint density at radius 1 is 0.857 bits per heavy atom. The Morgan fingerprint density at radius 2 is 1.43 bits per heavy atom. The molecule has 0 aromatic heterocycles. The average molecular weight is 394 g/mol. The summed E-state index contributed by atoms with van der Waals surface area (Å²) in [5.74, 6) is -0.234. The van der Waals surface area contributed by atoms with Crippen LogP contribution in [0.2, 0.25) is 0 Å². The highest BCUT2D eigenvalue weighted by Crippen LogP contribution is 2.21. The highest BCUT2D eigenvalue weighted by Gasteiger charge is 2.20. The molecule has 0 heterocycles. The van der Waals surface area contributed by atoms with Crippen LogP contribution < -0.4 is 4.72 Å². The first-order valence-electron chi connectivity index (χ1n) is 8.94. The maximum atomic E-state index is 12.9. The summed E-state index contributed by atoms with van der Waals surface area (Å²) >= 11 is 0. The molecule has 0 unspecified atom stereocenters. The van der Waals surface area contributed by atoms with Crippen molar-refractivity contribution in [3.05, 3.63) is 96.1 Å². The monoisotopic (exact) mass is 394 g/mol. The second kappa shape index (κ2) is 8.71. The van der Waals surface area contributed by atoms with Gasteiger partial charge in [0.05, 0.1) is 16.1 Å². The summed E-state index contributed by atoms with van der Waals surface area (Å²) in [6, 6.07) is 24.6. The van der Waals surface area contributed by atoms with Gasteiger partial charge in [-0.15, -0.1) is 0 Å². The first kappa shape index (κ1) is 19.6. The number of hydrogen-bond acceptors (Lipinski definition) is 3. The molecular weight excluding hydrogens is 372 g/mol. The van der Waals surface area contributed by atoms with Crippen molar-refractivity contribution in [2.45, 2.75) is 11.3 Å². The fourth-order valence-corrected chi connectivity index (χ4v) is 3.91. The van der Waals surface area contributed by atoms with Crippen LogP contribution in [0.15, 0.2) is 89.8 Å². The molecule has 0 atom stereocenters. The van der Waals surface area contributed by atoms with E-state index in [-0.39, 0.29) is 16.5 Å². The van der Waals surface area contributed by atoms with Crippen molar-refractivity contribution in [2.75, 3.05) is 18.3 Å². The SMILES string of the molecule is CN(CCc1ccccc1)C(=O)c1ccccc1NS(=O)(=O)c1ccccc1. The molecule has 0 spiro atoms. The van der Waals surface area contributed by atoms with Gasteiger partial charge in [0.2, 0.25) is 0 Å². The summed E-state index contributed by atoms with van der Waals surface area (Å²) in [6.07, 6.45) is 0.723. The van der Waals surface area contributed by atoms with Crippen molar-refractivity contribution < 1.29 is 13.2 Å². The smallest absolute Gasteiger partial charge is 0.261 e. The molecule has 3 aromatic rings. The minimum atomic E-state index is -3.77. The number of benzene rings is 3. The number of nitrogens with zero attached hydrogens (tertiary/aromatic N) is 1. The third-order valence-electron chi connectivity index (χ3n) is 4.38. The van der Waals surface area contributed by atoms with Gasteiger partial charge in [-0.25, -0.2) is 8.42 Å². The number of hydrogen-bond donors (Lipinski definition) is 1. The highest BCUT2D eigenvalue weighted by molar-refractivity contribution is 7.92. The topological polar surface area (TPSA) is 66.5 Å². The summed E-state index contributed by atoms with van der Waals surface area (Å²) in [5.41, 5.74) is 1.72. The number of amides is 1. The first-order chi connectivity index (χ1) is 13.5. The zero-order valence-electron chi connectivity index (χ0n) is 15.6. The zero-order valence-corrected chi connectivity index (χ0v) is 16.4. The van der Waals surface area contributed by atoms with Gasteiger partial charge in [0.25, 0.3) is 15.9 Å². The van der Waals surface area contributed by atoms with Gasteiger partial charge < -0.3 is 4.90 Å². The Kier molecular flexibility index (Phi) is 6.11. The van der Waals surface area contributed by atoms with E-state index >= 15 is 0 Å². The quantitative estimate of drug-likeness (QED) is 0.663. The number of carbonyl (C=O) groups is 1. The Morgan fingerprint density at radius 3 is 2.11 bits per heavy atom. The van der Waals surface area contributed by atoms with Crippen LogP contribution in [0.25, 0.3) is 0 Å². The van der Waals surface area contributed by atoms with Crippen LogP contribution in [0.3, 0.4) is 0 Å². The van der Waals surface area contributed by atoms with Crippen molar-refractivity contribution in [2.24, 2.45) is 0 Å². The largest absolute Gasteiger partial charge is 0.341 e. The van der Waals surface area contributed by atoms with Gasteiger partial charge in [0, 0.05) is 13.6 Å². The molecule has 0 aliphatic carbocycles. The van der Waals surface area contributed by atoms with E-state index < -0.39 is 10.0 Å². The fourth-order valence-electron chi connectivity index (χ4n) is 2.81. The Hall–Kier alpha value is -3.12. The second-order valence-corrected chi connectivity index (χ2v) is 8.11. The predicted molar refractivity (Wildman–Crippen MR) is 111 cm³/mol. The lowest BCUT2D eigenvalue weighted by Gasteiger charge is -2.19. The van der Waals surface area contributed by atoms with Crippen LogP contribution in [-0.4, -0.2) is 32.8 Å². The van der Waals surface area contributed by atoms with Crippen LogP contribution >= 0.6 is 0 Å². The number of anilines is 1. The van der Waals surface area contributed by atoms with E-state index in [4.69, 9.17) is 0 Å². The fraction of sp³-hybridized carbons (Fsp3) is 0.136. The van der Waals surface area contributed by atoms with Gasteiger partial charge in [-0.2, -0.15) is 0 Å². The van der Waals surface area contributed by atoms with Crippen LogP contribution in [0.5, 0.6) is 0 Å². The number of likely N-dealkylation sites (N-methyl/N-ethyl adjacent to an activating group) is 1.